The van der Waals surface area contributed by atoms with E-state index in [2.05, 4.69) is 15.5 Å². The molecule has 0 bridgehead atoms. The molecule has 2 aromatic carbocycles. The van der Waals surface area contributed by atoms with Crippen molar-refractivity contribution in [3.8, 4) is 17.2 Å². The lowest BCUT2D eigenvalue weighted by molar-refractivity contribution is -0.115. The van der Waals surface area contributed by atoms with E-state index in [-0.39, 0.29) is 5.91 Å². The Morgan fingerprint density at radius 3 is 2.36 bits per heavy atom. The highest BCUT2D eigenvalue weighted by molar-refractivity contribution is 8.18. The molecule has 1 saturated heterocycles. The van der Waals surface area contributed by atoms with Crippen LogP contribution in [0.5, 0.6) is 17.2 Å². The number of benzene rings is 2. The van der Waals surface area contributed by atoms with Gasteiger partial charge in [-0.1, -0.05) is 12.1 Å². The number of carbonyl (C=O) groups excluding carboxylic acids is 1. The van der Waals surface area contributed by atoms with Gasteiger partial charge < -0.3 is 14.2 Å². The summed E-state index contributed by atoms with van der Waals surface area (Å²) in [6, 6.07) is 12.8. The number of thioether (sulfide) groups is 1. The van der Waals surface area contributed by atoms with Gasteiger partial charge in [0.05, 0.1) is 32.4 Å². The number of hydrogen-bond donors (Lipinski definition) is 1. The van der Waals surface area contributed by atoms with Crippen molar-refractivity contribution >= 4 is 35.1 Å². The van der Waals surface area contributed by atoms with Gasteiger partial charge in [-0.2, -0.15) is 5.10 Å². The summed E-state index contributed by atoms with van der Waals surface area (Å²) in [7, 11) is 4.77. The van der Waals surface area contributed by atoms with E-state index in [1.165, 1.54) is 11.8 Å². The number of nitrogens with zero attached hydrogens (tertiary/aromatic N) is 2. The molecule has 1 aliphatic heterocycles. The zero-order valence-electron chi connectivity index (χ0n) is 15.6. The number of nitrogens with one attached hydrogen (secondary N) is 1. The first-order valence-electron chi connectivity index (χ1n) is 8.31. The summed E-state index contributed by atoms with van der Waals surface area (Å²) in [5.74, 6) is 1.85. The average Bonchev–Trinajstić information content (AvgIpc) is 3.07. The first kappa shape index (κ1) is 19.5. The van der Waals surface area contributed by atoms with Crippen molar-refractivity contribution in [3.05, 3.63) is 58.5 Å². The van der Waals surface area contributed by atoms with Crippen LogP contribution in [0.2, 0.25) is 0 Å². The van der Waals surface area contributed by atoms with E-state index in [9.17, 15) is 4.79 Å². The number of amides is 1. The Balaban J connectivity index is 1.71. The predicted molar refractivity (Wildman–Crippen MR) is 111 cm³/mol. The van der Waals surface area contributed by atoms with Crippen LogP contribution < -0.4 is 19.5 Å². The van der Waals surface area contributed by atoms with Crippen molar-refractivity contribution < 1.29 is 19.0 Å². The second-order valence-electron chi connectivity index (χ2n) is 5.60. The van der Waals surface area contributed by atoms with Crippen molar-refractivity contribution in [1.29, 1.82) is 0 Å². The van der Waals surface area contributed by atoms with Gasteiger partial charge in [0.15, 0.2) is 5.17 Å². The van der Waals surface area contributed by atoms with E-state index < -0.39 is 0 Å². The molecule has 0 unspecified atom stereocenters. The molecule has 0 aromatic heterocycles. The molecule has 1 aliphatic rings. The van der Waals surface area contributed by atoms with Gasteiger partial charge >= 0.3 is 0 Å². The van der Waals surface area contributed by atoms with Gasteiger partial charge in [-0.3, -0.25) is 10.1 Å². The third-order valence-corrected chi connectivity index (χ3v) is 4.75. The lowest BCUT2D eigenvalue weighted by Gasteiger charge is -2.06. The van der Waals surface area contributed by atoms with E-state index >= 15 is 0 Å². The number of amidine groups is 1. The summed E-state index contributed by atoms with van der Waals surface area (Å²) >= 11 is 1.23. The molecule has 0 aliphatic carbocycles. The summed E-state index contributed by atoms with van der Waals surface area (Å²) in [6.45, 7) is 0. The molecular weight excluding hydrogens is 378 g/mol. The smallest absolute Gasteiger partial charge is 0.264 e. The minimum absolute atomic E-state index is 0.211. The molecule has 2 aromatic rings. The van der Waals surface area contributed by atoms with Crippen molar-refractivity contribution in [1.82, 2.24) is 5.32 Å². The first-order valence-corrected chi connectivity index (χ1v) is 9.12. The van der Waals surface area contributed by atoms with Gasteiger partial charge in [-0.05, 0) is 47.7 Å². The van der Waals surface area contributed by atoms with E-state index in [0.29, 0.717) is 21.6 Å². The van der Waals surface area contributed by atoms with Crippen LogP contribution in [0, 0.1) is 0 Å². The fourth-order valence-corrected chi connectivity index (χ4v) is 3.17. The minimum atomic E-state index is -0.211. The Morgan fingerprint density at radius 2 is 1.68 bits per heavy atom. The zero-order chi connectivity index (χ0) is 19.9. The Labute approximate surface area is 167 Å². The van der Waals surface area contributed by atoms with Gasteiger partial charge in [-0.25, -0.2) is 0 Å². The van der Waals surface area contributed by atoms with Crippen molar-refractivity contribution in [2.75, 3.05) is 21.3 Å². The molecule has 1 amide bonds. The van der Waals surface area contributed by atoms with Crippen molar-refractivity contribution in [2.24, 2.45) is 10.2 Å². The molecule has 28 heavy (non-hydrogen) atoms. The van der Waals surface area contributed by atoms with Gasteiger partial charge in [0.2, 0.25) is 0 Å². The van der Waals surface area contributed by atoms with Gasteiger partial charge in [0.1, 0.15) is 17.2 Å². The van der Waals surface area contributed by atoms with Crippen LogP contribution in [-0.4, -0.2) is 38.6 Å². The molecule has 0 radical (unpaired) electrons. The quantitative estimate of drug-likeness (QED) is 0.459. The first-order chi connectivity index (χ1) is 13.6. The number of carbonyl (C=O) groups is 1. The van der Waals surface area contributed by atoms with Gasteiger partial charge in [-0.15, -0.1) is 5.10 Å². The third-order valence-electron chi connectivity index (χ3n) is 3.85. The van der Waals surface area contributed by atoms with E-state index in [1.54, 1.807) is 45.8 Å². The maximum atomic E-state index is 12.1. The Bertz CT molecular complexity index is 952. The van der Waals surface area contributed by atoms with Crippen LogP contribution in [0.15, 0.2) is 57.6 Å². The number of ether oxygens (including phenoxy) is 3. The molecule has 0 spiro atoms. The van der Waals surface area contributed by atoms with Gasteiger partial charge in [0, 0.05) is 11.6 Å². The second-order valence-corrected chi connectivity index (χ2v) is 6.63. The van der Waals surface area contributed by atoms with Gasteiger partial charge in [0.25, 0.3) is 5.91 Å². The summed E-state index contributed by atoms with van der Waals surface area (Å²) < 4.78 is 15.6. The van der Waals surface area contributed by atoms with E-state index in [1.807, 2.05) is 30.3 Å². The fourth-order valence-electron chi connectivity index (χ4n) is 2.40. The summed E-state index contributed by atoms with van der Waals surface area (Å²) in [4.78, 5) is 12.7. The highest BCUT2D eigenvalue weighted by atomic mass is 32.2. The van der Waals surface area contributed by atoms with Crippen molar-refractivity contribution in [3.63, 3.8) is 0 Å². The number of methoxy groups -OCH3 is 3. The van der Waals surface area contributed by atoms with Crippen LogP contribution in [-0.2, 0) is 4.79 Å². The molecule has 144 valence electrons. The molecular formula is C20H19N3O4S. The molecule has 3 rings (SSSR count). The maximum absolute atomic E-state index is 12.1. The topological polar surface area (TPSA) is 81.5 Å². The van der Waals surface area contributed by atoms with E-state index in [0.717, 1.165) is 16.9 Å². The van der Waals surface area contributed by atoms with Crippen molar-refractivity contribution in [2.45, 2.75) is 0 Å². The minimum Gasteiger partial charge on any atom is -0.497 e. The van der Waals surface area contributed by atoms with Crippen LogP contribution in [0.1, 0.15) is 11.1 Å². The van der Waals surface area contributed by atoms with E-state index in [4.69, 9.17) is 14.2 Å². The molecule has 0 saturated carbocycles. The molecule has 7 nitrogen and oxygen atoms in total. The summed E-state index contributed by atoms with van der Waals surface area (Å²) in [5.41, 5.74) is 1.64. The molecule has 1 fully saturated rings. The second kappa shape index (κ2) is 9.09. The number of hydrogen-bond acceptors (Lipinski definition) is 7. The third kappa shape index (κ3) is 4.72. The number of rotatable bonds is 6. The monoisotopic (exact) mass is 397 g/mol. The Hall–Kier alpha value is -3.26. The lowest BCUT2D eigenvalue weighted by atomic mass is 10.2. The van der Waals surface area contributed by atoms with Crippen LogP contribution in [0.25, 0.3) is 6.08 Å². The standard InChI is InChI=1S/C20H19N3O4S/c1-25-15-7-4-13(5-8-15)10-18-19(24)22-20(28-18)23-21-12-14-6-9-16(26-2)11-17(14)27-3/h4-12H,1-3H3,(H,22,23,24)/b18-10+,21-12?. The summed E-state index contributed by atoms with van der Waals surface area (Å²) in [5, 5.41) is 11.2. The fraction of sp³-hybridized carbons (Fsp3) is 0.150. The molecule has 1 heterocycles. The molecule has 0 atom stereocenters. The van der Waals surface area contributed by atoms with Crippen LogP contribution in [0.3, 0.4) is 0 Å². The lowest BCUT2D eigenvalue weighted by Crippen LogP contribution is -2.19. The zero-order valence-corrected chi connectivity index (χ0v) is 16.4. The SMILES string of the molecule is COc1ccc(/C=C2/SC(=NN=Cc3ccc(OC)cc3OC)NC2=O)cc1. The average molecular weight is 397 g/mol. The van der Waals surface area contributed by atoms with Crippen LogP contribution in [0.4, 0.5) is 0 Å². The largest absolute Gasteiger partial charge is 0.497 e. The maximum Gasteiger partial charge on any atom is 0.264 e. The summed E-state index contributed by atoms with van der Waals surface area (Å²) in [6.07, 6.45) is 3.35. The Morgan fingerprint density at radius 1 is 0.964 bits per heavy atom. The normalized spacial score (nSPS) is 16.6. The molecule has 8 heteroatoms. The molecule has 1 N–H and O–H groups in total. The highest BCUT2D eigenvalue weighted by Gasteiger charge is 2.23. The van der Waals surface area contributed by atoms with Crippen LogP contribution >= 0.6 is 11.8 Å². The predicted octanol–water partition coefficient (Wildman–Crippen LogP) is 3.31. The Kier molecular flexibility index (Phi) is 6.33. The highest BCUT2D eigenvalue weighted by Crippen LogP contribution is 2.27.